The van der Waals surface area contributed by atoms with Crippen LogP contribution in [-0.2, 0) is 38.6 Å². The van der Waals surface area contributed by atoms with Crippen molar-refractivity contribution in [2.45, 2.75) is 25.4 Å². The maximum atomic E-state index is 13.2. The minimum atomic E-state index is -4.81. The molecule has 13 heteroatoms. The van der Waals surface area contributed by atoms with Crippen LogP contribution in [0.4, 0.5) is 23.9 Å². The highest BCUT2D eigenvalue weighted by atomic mass is 35.5. The molecule has 0 saturated carbocycles. The van der Waals surface area contributed by atoms with Crippen LogP contribution in [0.1, 0.15) is 32.8 Å². The quantitative estimate of drug-likeness (QED) is 0.591. The number of carbonyl (C=O) groups excluding carboxylic acids is 2. The van der Waals surface area contributed by atoms with Gasteiger partial charge >= 0.3 is 12.1 Å². The fourth-order valence-electron chi connectivity index (χ4n) is 3.39. The van der Waals surface area contributed by atoms with E-state index >= 15 is 0 Å². The number of alkyl halides is 3. The number of carbonyl (C=O) groups is 2. The van der Waals surface area contributed by atoms with Crippen LogP contribution in [0, 0.1) is 0 Å². The molecule has 0 saturated heterocycles. The first-order chi connectivity index (χ1) is 14.8. The Bertz CT molecular complexity index is 1180. The number of sulfonamides is 1. The molecule has 0 unspecified atom stereocenters. The van der Waals surface area contributed by atoms with Crippen molar-refractivity contribution in [2.24, 2.45) is 0 Å². The summed E-state index contributed by atoms with van der Waals surface area (Å²) in [5.74, 6) is -1.46. The lowest BCUT2D eigenvalue weighted by Gasteiger charge is -2.23. The third kappa shape index (κ3) is 5.02. The summed E-state index contributed by atoms with van der Waals surface area (Å²) in [4.78, 5) is 25.8. The zero-order valence-electron chi connectivity index (χ0n) is 16.9. The topological polar surface area (TPSA) is 92.8 Å². The van der Waals surface area contributed by atoms with Gasteiger partial charge in [-0.05, 0) is 43.0 Å². The van der Waals surface area contributed by atoms with Crippen LogP contribution in [0.5, 0.6) is 0 Å². The largest absolute Gasteiger partial charge is 0.465 e. The number of nitrogens with one attached hydrogen (secondary N) is 1. The molecule has 0 atom stereocenters. The first-order valence-corrected chi connectivity index (χ1v) is 12.2. The maximum absolute atomic E-state index is 13.2. The number of esters is 1. The molecule has 1 heterocycles. The molecule has 7 nitrogen and oxygen atoms in total. The third-order valence-corrected chi connectivity index (χ3v) is 7.47. The second kappa shape index (κ2) is 8.91. The zero-order valence-corrected chi connectivity index (χ0v) is 19.3. The summed E-state index contributed by atoms with van der Waals surface area (Å²) in [5, 5.41) is 2.12. The van der Waals surface area contributed by atoms with Crippen molar-refractivity contribution >= 4 is 55.5 Å². The Hall–Kier alpha value is -2.31. The van der Waals surface area contributed by atoms with E-state index in [-0.39, 0.29) is 16.3 Å². The summed E-state index contributed by atoms with van der Waals surface area (Å²) in [6.45, 7) is -0.805. The Labute approximate surface area is 191 Å². The highest BCUT2D eigenvalue weighted by molar-refractivity contribution is 7.92. The molecule has 1 aliphatic rings. The summed E-state index contributed by atoms with van der Waals surface area (Å²) in [6.07, 6.45) is -1.81. The standard InChI is InChI=1S/C19H18ClF3N2O5S2/c1-30-18(27)16-11-4-3-5-14(11)31-17(16)24-15(26)9-25(32(2,28)29)10-6-7-13(20)12(8-10)19(21,22)23/h6-8H,3-5,9H2,1-2H3,(H,24,26). The van der Waals surface area contributed by atoms with Gasteiger partial charge in [0.25, 0.3) is 0 Å². The number of ether oxygens (including phenoxy) is 1. The van der Waals surface area contributed by atoms with Gasteiger partial charge in [-0.15, -0.1) is 11.3 Å². The molecular formula is C19H18ClF3N2O5S2. The van der Waals surface area contributed by atoms with Crippen LogP contribution < -0.4 is 9.62 Å². The molecule has 32 heavy (non-hydrogen) atoms. The number of benzene rings is 1. The van der Waals surface area contributed by atoms with Gasteiger partial charge in [0.15, 0.2) is 0 Å². The molecule has 1 N–H and O–H groups in total. The fourth-order valence-corrected chi connectivity index (χ4v) is 5.76. The second-order valence-corrected chi connectivity index (χ2v) is 10.5. The van der Waals surface area contributed by atoms with Gasteiger partial charge in [-0.1, -0.05) is 11.6 Å². The predicted octanol–water partition coefficient (Wildman–Crippen LogP) is 4.10. The van der Waals surface area contributed by atoms with Crippen molar-refractivity contribution in [1.29, 1.82) is 0 Å². The summed E-state index contributed by atoms with van der Waals surface area (Å²) in [7, 11) is -2.93. The first kappa shape index (κ1) is 24.3. The number of nitrogens with zero attached hydrogens (tertiary/aromatic N) is 1. The monoisotopic (exact) mass is 510 g/mol. The highest BCUT2D eigenvalue weighted by Crippen LogP contribution is 2.40. The normalized spacial score (nSPS) is 13.6. The SMILES string of the molecule is COC(=O)c1c(NC(=O)CN(c2ccc(Cl)c(C(F)(F)F)c2)S(C)(=O)=O)sc2c1CCC2. The zero-order chi connectivity index (χ0) is 23.8. The number of hydrogen-bond acceptors (Lipinski definition) is 6. The average molecular weight is 511 g/mol. The maximum Gasteiger partial charge on any atom is 0.417 e. The number of fused-ring (bicyclic) bond motifs is 1. The Balaban J connectivity index is 1.91. The molecule has 0 aliphatic heterocycles. The molecule has 0 fully saturated rings. The van der Waals surface area contributed by atoms with Crippen LogP contribution in [0.2, 0.25) is 5.02 Å². The second-order valence-electron chi connectivity index (χ2n) is 7.03. The van der Waals surface area contributed by atoms with Crippen molar-refractivity contribution < 1.29 is 35.9 Å². The number of aryl methyl sites for hydroxylation is 1. The lowest BCUT2D eigenvalue weighted by atomic mass is 10.1. The Kier molecular flexibility index (Phi) is 6.78. The Morgan fingerprint density at radius 2 is 1.97 bits per heavy atom. The molecule has 0 bridgehead atoms. The summed E-state index contributed by atoms with van der Waals surface area (Å²) in [5.41, 5.74) is -0.602. The molecule has 1 aromatic carbocycles. The van der Waals surface area contributed by atoms with Crippen molar-refractivity contribution in [1.82, 2.24) is 0 Å². The van der Waals surface area contributed by atoms with Gasteiger partial charge < -0.3 is 10.1 Å². The van der Waals surface area contributed by atoms with Crippen LogP contribution in [0.3, 0.4) is 0 Å². The van der Waals surface area contributed by atoms with Gasteiger partial charge in [0.2, 0.25) is 15.9 Å². The molecule has 1 aliphatic carbocycles. The minimum absolute atomic E-state index is 0.215. The number of methoxy groups -OCH3 is 1. The molecule has 174 valence electrons. The van der Waals surface area contributed by atoms with Crippen molar-refractivity contribution in [2.75, 3.05) is 29.5 Å². The number of anilines is 2. The van der Waals surface area contributed by atoms with E-state index in [1.54, 1.807) is 0 Å². The van der Waals surface area contributed by atoms with Gasteiger partial charge in [-0.25, -0.2) is 13.2 Å². The number of thiophene rings is 1. The van der Waals surface area contributed by atoms with Crippen LogP contribution in [-0.4, -0.2) is 40.2 Å². The average Bonchev–Trinajstić information content (AvgIpc) is 3.25. The van der Waals surface area contributed by atoms with Gasteiger partial charge in [0, 0.05) is 4.88 Å². The van der Waals surface area contributed by atoms with Crippen LogP contribution >= 0.6 is 22.9 Å². The lowest BCUT2D eigenvalue weighted by molar-refractivity contribution is -0.137. The van der Waals surface area contributed by atoms with Gasteiger partial charge in [0.1, 0.15) is 11.5 Å². The molecule has 3 rings (SSSR count). The van der Waals surface area contributed by atoms with Crippen molar-refractivity contribution in [3.8, 4) is 0 Å². The van der Waals surface area contributed by atoms with E-state index in [1.165, 1.54) is 18.4 Å². The predicted molar refractivity (Wildman–Crippen MR) is 115 cm³/mol. The smallest absolute Gasteiger partial charge is 0.417 e. The summed E-state index contributed by atoms with van der Waals surface area (Å²) in [6, 6.07) is 2.55. The number of halogens is 4. The minimum Gasteiger partial charge on any atom is -0.465 e. The van der Waals surface area contributed by atoms with Gasteiger partial charge in [0.05, 0.1) is 35.2 Å². The fraction of sp³-hybridized carbons (Fsp3) is 0.368. The van der Waals surface area contributed by atoms with Gasteiger partial charge in [-0.2, -0.15) is 13.2 Å². The van der Waals surface area contributed by atoms with E-state index < -0.39 is 45.2 Å². The first-order valence-electron chi connectivity index (χ1n) is 9.20. The van der Waals surface area contributed by atoms with Crippen molar-refractivity contribution in [3.05, 3.63) is 44.8 Å². The molecule has 1 aromatic heterocycles. The van der Waals surface area contributed by atoms with Crippen molar-refractivity contribution in [3.63, 3.8) is 0 Å². The van der Waals surface area contributed by atoms with E-state index in [0.29, 0.717) is 16.8 Å². The van der Waals surface area contributed by atoms with E-state index in [4.69, 9.17) is 16.3 Å². The molecular weight excluding hydrogens is 493 g/mol. The lowest BCUT2D eigenvalue weighted by Crippen LogP contribution is -2.37. The van der Waals surface area contributed by atoms with E-state index in [2.05, 4.69) is 5.32 Å². The molecule has 0 radical (unpaired) electrons. The molecule has 2 aromatic rings. The molecule has 1 amide bonds. The summed E-state index contributed by atoms with van der Waals surface area (Å²) < 4.78 is 69.4. The van der Waals surface area contributed by atoms with E-state index in [1.807, 2.05) is 0 Å². The summed E-state index contributed by atoms with van der Waals surface area (Å²) >= 11 is 6.79. The Morgan fingerprint density at radius 1 is 1.28 bits per heavy atom. The highest BCUT2D eigenvalue weighted by Gasteiger charge is 2.35. The van der Waals surface area contributed by atoms with E-state index in [9.17, 15) is 31.2 Å². The number of rotatable bonds is 6. The number of amides is 1. The van der Waals surface area contributed by atoms with Gasteiger partial charge in [-0.3, -0.25) is 9.10 Å². The third-order valence-electron chi connectivity index (χ3n) is 4.79. The van der Waals surface area contributed by atoms with E-state index in [0.717, 1.165) is 41.7 Å². The molecule has 0 spiro atoms. The Morgan fingerprint density at radius 3 is 2.56 bits per heavy atom. The van der Waals surface area contributed by atoms with Crippen LogP contribution in [0.15, 0.2) is 18.2 Å². The number of hydrogen-bond donors (Lipinski definition) is 1. The van der Waals surface area contributed by atoms with Crippen LogP contribution in [0.25, 0.3) is 0 Å².